The molecule has 0 saturated heterocycles. The Morgan fingerprint density at radius 2 is 1.74 bits per heavy atom. The summed E-state index contributed by atoms with van der Waals surface area (Å²) in [7, 11) is 0. The zero-order valence-electron chi connectivity index (χ0n) is 13.7. The summed E-state index contributed by atoms with van der Waals surface area (Å²) in [5, 5.41) is 8.65. The van der Waals surface area contributed by atoms with Crippen LogP contribution in [0.15, 0.2) is 24.3 Å². The Morgan fingerprint density at radius 1 is 1.09 bits per heavy atom. The molecule has 0 amide bonds. The molecule has 1 aliphatic rings. The van der Waals surface area contributed by atoms with Crippen LogP contribution in [0.4, 0.5) is 0 Å². The number of nitrogens with zero attached hydrogens (tertiary/aromatic N) is 3. The maximum Gasteiger partial charge on any atom is 0.171 e. The van der Waals surface area contributed by atoms with Crippen molar-refractivity contribution in [1.82, 2.24) is 14.8 Å². The van der Waals surface area contributed by atoms with E-state index in [1.54, 1.807) is 0 Å². The first kappa shape index (κ1) is 15.8. The van der Waals surface area contributed by atoms with Crippen molar-refractivity contribution >= 4 is 0 Å². The van der Waals surface area contributed by atoms with Gasteiger partial charge in [0.15, 0.2) is 5.82 Å². The average Bonchev–Trinajstić information content (AvgIpc) is 2.94. The predicted molar refractivity (Wildman–Crippen MR) is 87.6 cm³/mol. The molecule has 1 aliphatic carbocycles. The predicted octanol–water partition coefficient (Wildman–Crippen LogP) is 2.48. The third-order valence-corrected chi connectivity index (χ3v) is 4.21. The van der Waals surface area contributed by atoms with Crippen molar-refractivity contribution in [2.24, 2.45) is 5.73 Å². The van der Waals surface area contributed by atoms with Crippen LogP contribution in [0.25, 0.3) is 0 Å². The number of aromatic nitrogens is 3. The Balaban J connectivity index is 1.63. The van der Waals surface area contributed by atoms with Gasteiger partial charge in [-0.25, -0.2) is 0 Å². The molecule has 2 aromatic rings. The zero-order chi connectivity index (χ0) is 16.2. The van der Waals surface area contributed by atoms with Crippen molar-refractivity contribution in [1.29, 1.82) is 0 Å². The lowest BCUT2D eigenvalue weighted by Gasteiger charge is -2.31. The first-order valence-electron chi connectivity index (χ1n) is 8.24. The summed E-state index contributed by atoms with van der Waals surface area (Å²) in [4.78, 5) is 0. The highest BCUT2D eigenvalue weighted by Gasteiger charge is 2.31. The minimum absolute atomic E-state index is 0.311. The van der Waals surface area contributed by atoms with E-state index in [-0.39, 0.29) is 0 Å². The third-order valence-electron chi connectivity index (χ3n) is 4.21. The highest BCUT2D eigenvalue weighted by Crippen LogP contribution is 2.34. The van der Waals surface area contributed by atoms with Gasteiger partial charge >= 0.3 is 0 Å². The van der Waals surface area contributed by atoms with Crippen LogP contribution < -0.4 is 15.2 Å². The smallest absolute Gasteiger partial charge is 0.171 e. The summed E-state index contributed by atoms with van der Waals surface area (Å²) in [5.74, 6) is 3.99. The van der Waals surface area contributed by atoms with Crippen LogP contribution >= 0.6 is 0 Å². The Kier molecular flexibility index (Phi) is 4.81. The maximum absolute atomic E-state index is 5.88. The number of hydrogen-bond acceptors (Lipinski definition) is 5. The number of benzene rings is 1. The molecule has 23 heavy (non-hydrogen) atoms. The van der Waals surface area contributed by atoms with Gasteiger partial charge in [-0.3, -0.25) is 0 Å². The lowest BCUT2D eigenvalue weighted by atomic mass is 9.80. The van der Waals surface area contributed by atoms with Gasteiger partial charge in [-0.2, -0.15) is 0 Å². The summed E-state index contributed by atoms with van der Waals surface area (Å²) >= 11 is 0. The minimum Gasteiger partial charge on any atom is -0.494 e. The molecule has 1 heterocycles. The highest BCUT2D eigenvalue weighted by atomic mass is 16.5. The monoisotopic (exact) mass is 316 g/mol. The topological polar surface area (TPSA) is 75.2 Å². The Labute approximate surface area is 136 Å². The first-order valence-corrected chi connectivity index (χ1v) is 8.24. The second-order valence-corrected chi connectivity index (χ2v) is 5.84. The molecule has 0 aliphatic heterocycles. The van der Waals surface area contributed by atoms with Crippen LogP contribution in [-0.2, 0) is 13.2 Å². The number of ether oxygens (including phenoxy) is 2. The molecule has 0 radical (unpaired) electrons. The number of hydrogen-bond donors (Lipinski definition) is 1. The SMILES string of the molecule is CCOc1ccc(OCc2nnc(C3CC(N)C3)n2CC)cc1. The second-order valence-electron chi connectivity index (χ2n) is 5.84. The van der Waals surface area contributed by atoms with Crippen LogP contribution in [0.2, 0.25) is 0 Å². The molecule has 124 valence electrons. The first-order chi connectivity index (χ1) is 11.2. The third kappa shape index (κ3) is 3.47. The molecule has 0 spiro atoms. The van der Waals surface area contributed by atoms with Crippen LogP contribution in [0.5, 0.6) is 11.5 Å². The lowest BCUT2D eigenvalue weighted by molar-refractivity contribution is 0.284. The molecule has 3 rings (SSSR count). The molecular weight excluding hydrogens is 292 g/mol. The van der Waals surface area contributed by atoms with Gasteiger partial charge in [0.2, 0.25) is 0 Å². The molecule has 0 bridgehead atoms. The van der Waals surface area contributed by atoms with Crippen molar-refractivity contribution in [2.75, 3.05) is 6.61 Å². The Bertz CT molecular complexity index is 633. The quantitative estimate of drug-likeness (QED) is 0.849. The summed E-state index contributed by atoms with van der Waals surface area (Å²) < 4.78 is 13.4. The van der Waals surface area contributed by atoms with Gasteiger partial charge in [0, 0.05) is 18.5 Å². The molecule has 1 aromatic heterocycles. The van der Waals surface area contributed by atoms with E-state index >= 15 is 0 Å². The van der Waals surface area contributed by atoms with E-state index in [4.69, 9.17) is 15.2 Å². The van der Waals surface area contributed by atoms with E-state index in [2.05, 4.69) is 21.7 Å². The molecule has 1 aromatic carbocycles. The molecule has 1 fully saturated rings. The number of nitrogens with two attached hydrogens (primary N) is 1. The summed E-state index contributed by atoms with van der Waals surface area (Å²) in [5.41, 5.74) is 5.88. The van der Waals surface area contributed by atoms with E-state index in [9.17, 15) is 0 Å². The zero-order valence-corrected chi connectivity index (χ0v) is 13.7. The van der Waals surface area contributed by atoms with Gasteiger partial charge in [-0.1, -0.05) is 0 Å². The van der Waals surface area contributed by atoms with Crippen molar-refractivity contribution in [2.45, 2.75) is 51.8 Å². The fraction of sp³-hybridized carbons (Fsp3) is 0.529. The van der Waals surface area contributed by atoms with Gasteiger partial charge in [0.05, 0.1) is 6.61 Å². The summed E-state index contributed by atoms with van der Waals surface area (Å²) in [6.45, 7) is 5.98. The van der Waals surface area contributed by atoms with Crippen LogP contribution in [-0.4, -0.2) is 27.4 Å². The molecule has 0 atom stereocenters. The lowest BCUT2D eigenvalue weighted by Crippen LogP contribution is -2.36. The van der Waals surface area contributed by atoms with Crippen molar-refractivity contribution < 1.29 is 9.47 Å². The van der Waals surface area contributed by atoms with Crippen LogP contribution in [0.1, 0.15) is 44.3 Å². The molecule has 1 saturated carbocycles. The fourth-order valence-electron chi connectivity index (χ4n) is 2.92. The normalized spacial score (nSPS) is 20.1. The van der Waals surface area contributed by atoms with Crippen LogP contribution in [0, 0.1) is 0 Å². The van der Waals surface area contributed by atoms with Crippen molar-refractivity contribution in [3.8, 4) is 11.5 Å². The summed E-state index contributed by atoms with van der Waals surface area (Å²) in [6, 6.07) is 7.94. The van der Waals surface area contributed by atoms with Crippen molar-refractivity contribution in [3.05, 3.63) is 35.9 Å². The molecule has 6 nitrogen and oxygen atoms in total. The van der Waals surface area contributed by atoms with Gasteiger partial charge in [0.1, 0.15) is 23.9 Å². The van der Waals surface area contributed by atoms with Crippen molar-refractivity contribution in [3.63, 3.8) is 0 Å². The van der Waals surface area contributed by atoms with Gasteiger partial charge in [-0.15, -0.1) is 10.2 Å². The largest absolute Gasteiger partial charge is 0.494 e. The summed E-state index contributed by atoms with van der Waals surface area (Å²) in [6.07, 6.45) is 2.00. The average molecular weight is 316 g/mol. The highest BCUT2D eigenvalue weighted by molar-refractivity contribution is 5.31. The molecular formula is C17H24N4O2. The van der Waals surface area contributed by atoms with Gasteiger partial charge in [0.25, 0.3) is 0 Å². The maximum atomic E-state index is 5.88. The van der Waals surface area contributed by atoms with E-state index in [0.29, 0.717) is 25.2 Å². The molecule has 6 heteroatoms. The standard InChI is InChI=1S/C17H24N4O2/c1-3-21-16(19-20-17(21)12-9-13(18)10-12)11-23-15-7-5-14(6-8-15)22-4-2/h5-8,12-13H,3-4,9-11,18H2,1-2H3. The Morgan fingerprint density at radius 3 is 2.30 bits per heavy atom. The number of rotatable bonds is 7. The van der Waals surface area contributed by atoms with Gasteiger partial charge in [-0.05, 0) is 51.0 Å². The van der Waals surface area contributed by atoms with Crippen LogP contribution in [0.3, 0.4) is 0 Å². The van der Waals surface area contributed by atoms with E-state index < -0.39 is 0 Å². The minimum atomic E-state index is 0.311. The molecule has 2 N–H and O–H groups in total. The van der Waals surface area contributed by atoms with E-state index in [0.717, 1.165) is 42.5 Å². The fourth-order valence-corrected chi connectivity index (χ4v) is 2.92. The second kappa shape index (κ2) is 7.00. The van der Waals surface area contributed by atoms with E-state index in [1.165, 1.54) is 0 Å². The van der Waals surface area contributed by atoms with E-state index in [1.807, 2.05) is 31.2 Å². The Hall–Kier alpha value is -2.08. The van der Waals surface area contributed by atoms with Gasteiger partial charge < -0.3 is 19.8 Å². The molecule has 0 unspecified atom stereocenters.